The summed E-state index contributed by atoms with van der Waals surface area (Å²) in [6, 6.07) is 0. The van der Waals surface area contributed by atoms with Gasteiger partial charge in [0.05, 0.1) is 0 Å². The number of methoxy groups -OCH3 is 2. The van der Waals surface area contributed by atoms with E-state index in [0.717, 1.165) is 12.0 Å². The summed E-state index contributed by atoms with van der Waals surface area (Å²) in [4.78, 5) is 3.69. The molecule has 0 bridgehead atoms. The van der Waals surface area contributed by atoms with Gasteiger partial charge < -0.3 is 14.3 Å². The molecule has 14 heavy (non-hydrogen) atoms. The number of ether oxygens (including phenoxy) is 2. The molecule has 1 saturated carbocycles. The van der Waals surface area contributed by atoms with Crippen molar-refractivity contribution >= 4 is 0 Å². The highest BCUT2D eigenvalue weighted by Gasteiger charge is 2.56. The zero-order valence-corrected chi connectivity index (χ0v) is 9.04. The van der Waals surface area contributed by atoms with Gasteiger partial charge in [-0.2, -0.15) is 0 Å². The van der Waals surface area contributed by atoms with E-state index >= 15 is 0 Å². The highest BCUT2D eigenvalue weighted by molar-refractivity contribution is 5.34. The Balaban J connectivity index is 3.01. The summed E-state index contributed by atoms with van der Waals surface area (Å²) in [5.74, 6) is 0.337. The van der Waals surface area contributed by atoms with E-state index in [1.807, 2.05) is 0 Å². The number of hydrogen-bond acceptors (Lipinski definition) is 2. The van der Waals surface area contributed by atoms with Crippen molar-refractivity contribution in [2.24, 2.45) is 5.92 Å². The van der Waals surface area contributed by atoms with Gasteiger partial charge in [0.15, 0.2) is 0 Å². The van der Waals surface area contributed by atoms with Crippen LogP contribution in [-0.4, -0.2) is 32.5 Å². The zero-order chi connectivity index (χ0) is 10.8. The molecule has 0 unspecified atom stereocenters. The molecule has 1 rings (SSSR count). The van der Waals surface area contributed by atoms with Gasteiger partial charge in [-0.1, -0.05) is 13.5 Å². The minimum absolute atomic E-state index is 0.0811. The lowest BCUT2D eigenvalue weighted by Gasteiger charge is -2.22. The van der Waals surface area contributed by atoms with Crippen LogP contribution in [0.3, 0.4) is 0 Å². The van der Waals surface area contributed by atoms with Crippen molar-refractivity contribution in [3.63, 3.8) is 0 Å². The molecule has 0 saturated heterocycles. The maximum Gasteiger partial charge on any atom is 0.301 e. The minimum atomic E-state index is -0.664. The topological polar surface area (TPSA) is 22.8 Å². The van der Waals surface area contributed by atoms with Crippen LogP contribution in [0.2, 0.25) is 0 Å². The van der Waals surface area contributed by atoms with Crippen molar-refractivity contribution in [1.82, 2.24) is 0 Å². The van der Waals surface area contributed by atoms with Crippen LogP contribution < -0.4 is 0 Å². The predicted molar refractivity (Wildman–Crippen MR) is 54.9 cm³/mol. The Labute approximate surface area is 85.5 Å². The molecular weight excluding hydrogens is 178 g/mol. The molecule has 0 aromatic heterocycles. The molecule has 3 nitrogen and oxygen atoms in total. The van der Waals surface area contributed by atoms with Crippen LogP contribution >= 0.6 is 0 Å². The average Bonchev–Trinajstić information content (AvgIpc) is 2.43. The Morgan fingerprint density at radius 3 is 2.71 bits per heavy atom. The van der Waals surface area contributed by atoms with Crippen molar-refractivity contribution in [2.75, 3.05) is 20.8 Å². The fraction of sp³-hybridized carbons (Fsp3) is 0.727. The molecule has 0 aromatic rings. The Kier molecular flexibility index (Phi) is 3.30. The van der Waals surface area contributed by atoms with Gasteiger partial charge in [0, 0.05) is 19.8 Å². The van der Waals surface area contributed by atoms with Crippen LogP contribution in [0.25, 0.3) is 4.85 Å². The molecule has 0 heterocycles. The first-order valence-corrected chi connectivity index (χ1v) is 4.72. The molecule has 0 radical (unpaired) electrons. The quantitative estimate of drug-likeness (QED) is 0.507. The molecule has 0 amide bonds. The maximum absolute atomic E-state index is 7.31. The molecule has 0 N–H and O–H groups in total. The lowest BCUT2D eigenvalue weighted by Crippen LogP contribution is -2.41. The van der Waals surface area contributed by atoms with E-state index in [2.05, 4.69) is 18.3 Å². The normalized spacial score (nSPS) is 37.1. The fourth-order valence-electron chi connectivity index (χ4n) is 2.16. The SMILES string of the molecule is [C-]#[N+][C@]1(COC)C(=C)[C@@H](C)C[C@@H]1OC. The van der Waals surface area contributed by atoms with Crippen LogP contribution in [0.1, 0.15) is 13.3 Å². The monoisotopic (exact) mass is 195 g/mol. The second-order valence-electron chi connectivity index (χ2n) is 3.86. The van der Waals surface area contributed by atoms with E-state index in [1.54, 1.807) is 14.2 Å². The van der Waals surface area contributed by atoms with Crippen LogP contribution in [0.15, 0.2) is 12.2 Å². The second kappa shape index (κ2) is 4.12. The molecule has 1 fully saturated rings. The van der Waals surface area contributed by atoms with E-state index in [9.17, 15) is 0 Å². The lowest BCUT2D eigenvalue weighted by atomic mass is 9.91. The van der Waals surface area contributed by atoms with E-state index < -0.39 is 5.54 Å². The van der Waals surface area contributed by atoms with Crippen molar-refractivity contribution < 1.29 is 9.47 Å². The van der Waals surface area contributed by atoms with Crippen LogP contribution in [0.5, 0.6) is 0 Å². The Morgan fingerprint density at radius 2 is 2.29 bits per heavy atom. The van der Waals surface area contributed by atoms with Crippen molar-refractivity contribution in [3.8, 4) is 0 Å². The molecule has 0 spiro atoms. The van der Waals surface area contributed by atoms with E-state index in [1.165, 1.54) is 0 Å². The first-order chi connectivity index (χ1) is 6.62. The first kappa shape index (κ1) is 11.2. The lowest BCUT2D eigenvalue weighted by molar-refractivity contribution is 0.0401. The van der Waals surface area contributed by atoms with Gasteiger partial charge in [-0.3, -0.25) is 0 Å². The largest absolute Gasteiger partial charge is 0.376 e. The molecule has 0 aliphatic heterocycles. The third-order valence-corrected chi connectivity index (χ3v) is 3.10. The van der Waals surface area contributed by atoms with Gasteiger partial charge in [0.2, 0.25) is 0 Å². The van der Waals surface area contributed by atoms with E-state index in [4.69, 9.17) is 16.0 Å². The van der Waals surface area contributed by atoms with Crippen LogP contribution in [-0.2, 0) is 9.47 Å². The highest BCUT2D eigenvalue weighted by atomic mass is 16.5. The standard InChI is InChI=1S/C11H17NO2/c1-8-6-10(14-5)11(12-3,7-13-4)9(8)2/h8,10H,2,6-7H2,1,4-5H3/t8-,10-,11+/m0/s1. The first-order valence-electron chi connectivity index (χ1n) is 4.72. The van der Waals surface area contributed by atoms with Gasteiger partial charge in [-0.25, -0.2) is 6.57 Å². The third-order valence-electron chi connectivity index (χ3n) is 3.10. The zero-order valence-electron chi connectivity index (χ0n) is 9.04. The molecule has 0 aromatic carbocycles. The van der Waals surface area contributed by atoms with Gasteiger partial charge in [-0.15, -0.1) is 0 Å². The van der Waals surface area contributed by atoms with Gasteiger partial charge >= 0.3 is 5.54 Å². The molecule has 78 valence electrons. The summed E-state index contributed by atoms with van der Waals surface area (Å²) in [6.07, 6.45) is 0.781. The van der Waals surface area contributed by atoms with E-state index in [-0.39, 0.29) is 6.10 Å². The molecule has 1 aliphatic rings. The summed E-state index contributed by atoms with van der Waals surface area (Å²) < 4.78 is 10.5. The van der Waals surface area contributed by atoms with Crippen LogP contribution in [0.4, 0.5) is 0 Å². The maximum atomic E-state index is 7.31. The Bertz CT molecular complexity index is 269. The van der Waals surface area contributed by atoms with Crippen molar-refractivity contribution in [3.05, 3.63) is 23.6 Å². The second-order valence-corrected chi connectivity index (χ2v) is 3.86. The summed E-state index contributed by atoms with van der Waals surface area (Å²) in [5.41, 5.74) is 0.282. The summed E-state index contributed by atoms with van der Waals surface area (Å²) in [7, 11) is 3.25. The highest BCUT2D eigenvalue weighted by Crippen LogP contribution is 2.43. The average molecular weight is 195 g/mol. The summed E-state index contributed by atoms with van der Waals surface area (Å²) >= 11 is 0. The predicted octanol–water partition coefficient (Wildman–Crippen LogP) is 1.90. The summed E-state index contributed by atoms with van der Waals surface area (Å²) in [5, 5.41) is 0. The molecular formula is C11H17NO2. The summed E-state index contributed by atoms with van der Waals surface area (Å²) in [6.45, 7) is 13.8. The van der Waals surface area contributed by atoms with Gasteiger partial charge in [0.1, 0.15) is 12.7 Å². The number of rotatable bonds is 3. The van der Waals surface area contributed by atoms with Crippen LogP contribution in [0, 0.1) is 12.5 Å². The fourth-order valence-corrected chi connectivity index (χ4v) is 2.16. The molecule has 1 aliphatic carbocycles. The molecule has 3 heteroatoms. The molecule has 3 atom stereocenters. The third kappa shape index (κ3) is 1.45. The van der Waals surface area contributed by atoms with Crippen molar-refractivity contribution in [2.45, 2.75) is 25.0 Å². The van der Waals surface area contributed by atoms with Crippen molar-refractivity contribution in [1.29, 1.82) is 0 Å². The van der Waals surface area contributed by atoms with E-state index in [0.29, 0.717) is 12.5 Å². The number of nitrogens with zero attached hydrogens (tertiary/aromatic N) is 1. The Hall–Kier alpha value is -0.850. The number of hydrogen-bond donors (Lipinski definition) is 0. The smallest absolute Gasteiger partial charge is 0.301 e. The van der Waals surface area contributed by atoms with Gasteiger partial charge in [-0.05, 0) is 12.3 Å². The van der Waals surface area contributed by atoms with Gasteiger partial charge in [0.25, 0.3) is 0 Å². The Morgan fingerprint density at radius 1 is 1.64 bits per heavy atom. The minimum Gasteiger partial charge on any atom is -0.376 e.